The SMILES string of the molecule is CCNC(=O)[C@H](CC)N(Cc1ccccc1Cl)C(=O)CN(c1ccc([N+](=O)[O-])cc1)S(=O)(=O)c1ccccc1. The first-order valence-corrected chi connectivity index (χ1v) is 14.0. The molecule has 0 spiro atoms. The lowest BCUT2D eigenvalue weighted by Gasteiger charge is -2.33. The van der Waals surface area contributed by atoms with Gasteiger partial charge in [-0.25, -0.2) is 8.42 Å². The highest BCUT2D eigenvalue weighted by atomic mass is 35.5. The summed E-state index contributed by atoms with van der Waals surface area (Å²) in [4.78, 5) is 38.6. The van der Waals surface area contributed by atoms with Crippen LogP contribution in [0, 0.1) is 10.1 Å². The second kappa shape index (κ2) is 13.2. The summed E-state index contributed by atoms with van der Waals surface area (Å²) in [5.74, 6) is -1.03. The van der Waals surface area contributed by atoms with Gasteiger partial charge in [0, 0.05) is 30.2 Å². The summed E-state index contributed by atoms with van der Waals surface area (Å²) in [5.41, 5.74) is 0.411. The van der Waals surface area contributed by atoms with Crippen LogP contribution in [-0.4, -0.2) is 49.2 Å². The van der Waals surface area contributed by atoms with Gasteiger partial charge in [-0.3, -0.25) is 24.0 Å². The van der Waals surface area contributed by atoms with E-state index in [1.807, 2.05) is 0 Å². The monoisotopic (exact) mass is 572 g/mol. The number of sulfonamides is 1. The van der Waals surface area contributed by atoms with Crippen LogP contribution in [0.25, 0.3) is 0 Å². The van der Waals surface area contributed by atoms with E-state index in [4.69, 9.17) is 11.6 Å². The van der Waals surface area contributed by atoms with Crippen LogP contribution < -0.4 is 9.62 Å². The molecule has 3 rings (SSSR count). The number of non-ortho nitro benzene ring substituents is 1. The Morgan fingerprint density at radius 3 is 2.15 bits per heavy atom. The molecule has 0 fully saturated rings. The molecule has 1 atom stereocenters. The molecule has 3 aromatic rings. The first kappa shape index (κ1) is 29.6. The van der Waals surface area contributed by atoms with E-state index in [2.05, 4.69) is 5.32 Å². The van der Waals surface area contributed by atoms with Gasteiger partial charge in [0.1, 0.15) is 12.6 Å². The van der Waals surface area contributed by atoms with Crippen molar-refractivity contribution in [1.29, 1.82) is 0 Å². The minimum atomic E-state index is -4.27. The van der Waals surface area contributed by atoms with Crippen molar-refractivity contribution < 1.29 is 22.9 Å². The molecule has 0 unspecified atom stereocenters. The number of rotatable bonds is 12. The van der Waals surface area contributed by atoms with Gasteiger partial charge >= 0.3 is 0 Å². The third-order valence-corrected chi connectivity index (χ3v) is 8.15. The quantitative estimate of drug-likeness (QED) is 0.253. The Labute approximate surface area is 232 Å². The zero-order chi connectivity index (χ0) is 28.6. The Morgan fingerprint density at radius 2 is 1.59 bits per heavy atom. The van der Waals surface area contributed by atoms with E-state index in [-0.39, 0.29) is 35.1 Å². The van der Waals surface area contributed by atoms with E-state index in [1.54, 1.807) is 56.3 Å². The number of benzene rings is 3. The second-order valence-electron chi connectivity index (χ2n) is 8.53. The van der Waals surface area contributed by atoms with Crippen LogP contribution >= 0.6 is 11.6 Å². The van der Waals surface area contributed by atoms with E-state index < -0.39 is 33.4 Å². The van der Waals surface area contributed by atoms with Crippen molar-refractivity contribution in [3.8, 4) is 0 Å². The number of nitro groups is 1. The number of hydrogen-bond acceptors (Lipinski definition) is 6. The normalized spacial score (nSPS) is 11.9. The lowest BCUT2D eigenvalue weighted by atomic mass is 10.1. The fraction of sp³-hybridized carbons (Fsp3) is 0.259. The molecule has 0 radical (unpaired) electrons. The number of likely N-dealkylation sites (N-methyl/N-ethyl adjacent to an activating group) is 1. The average Bonchev–Trinajstić information content (AvgIpc) is 2.93. The Balaban J connectivity index is 2.08. The van der Waals surface area contributed by atoms with Crippen molar-refractivity contribution in [3.05, 3.63) is 99.6 Å². The minimum absolute atomic E-state index is 0.0341. The van der Waals surface area contributed by atoms with Gasteiger partial charge in [0.25, 0.3) is 15.7 Å². The zero-order valence-electron chi connectivity index (χ0n) is 21.5. The average molecular weight is 573 g/mol. The predicted molar refractivity (Wildman–Crippen MR) is 149 cm³/mol. The summed E-state index contributed by atoms with van der Waals surface area (Å²) >= 11 is 6.36. The van der Waals surface area contributed by atoms with Gasteiger partial charge in [-0.15, -0.1) is 0 Å². The van der Waals surface area contributed by atoms with Crippen molar-refractivity contribution in [1.82, 2.24) is 10.2 Å². The maximum atomic E-state index is 13.9. The molecule has 0 saturated carbocycles. The molecule has 2 amide bonds. The molecule has 1 N–H and O–H groups in total. The van der Waals surface area contributed by atoms with Gasteiger partial charge in [-0.1, -0.05) is 54.9 Å². The van der Waals surface area contributed by atoms with E-state index in [1.165, 1.54) is 41.3 Å². The highest BCUT2D eigenvalue weighted by Gasteiger charge is 2.34. The number of nitrogens with one attached hydrogen (secondary N) is 1. The Kier molecular flexibility index (Phi) is 10.0. The third kappa shape index (κ3) is 7.12. The molecule has 0 bridgehead atoms. The number of amides is 2. The summed E-state index contributed by atoms with van der Waals surface area (Å²) in [5, 5.41) is 14.3. The summed E-state index contributed by atoms with van der Waals surface area (Å²) in [6.07, 6.45) is 0.269. The van der Waals surface area contributed by atoms with Gasteiger partial charge in [-0.2, -0.15) is 0 Å². The molecule has 10 nitrogen and oxygen atoms in total. The lowest BCUT2D eigenvalue weighted by molar-refractivity contribution is -0.384. The molecule has 0 aliphatic heterocycles. The smallest absolute Gasteiger partial charge is 0.269 e. The topological polar surface area (TPSA) is 130 Å². The molecule has 12 heteroatoms. The first-order chi connectivity index (χ1) is 18.6. The van der Waals surface area contributed by atoms with Crippen molar-refractivity contribution in [2.24, 2.45) is 0 Å². The number of carbonyl (C=O) groups is 2. The molecule has 0 aliphatic rings. The standard InChI is InChI=1S/C27H29ClN4O6S/c1-3-25(27(34)29-4-2)30(18-20-10-8-9-13-24(20)28)26(33)19-31(21-14-16-22(17-15-21)32(35)36)39(37,38)23-11-6-5-7-12-23/h5-17,25H,3-4,18-19H2,1-2H3,(H,29,34)/t25-/m0/s1. The largest absolute Gasteiger partial charge is 0.355 e. The number of hydrogen-bond donors (Lipinski definition) is 1. The van der Waals surface area contributed by atoms with Crippen LogP contribution in [0.1, 0.15) is 25.8 Å². The number of nitrogens with zero attached hydrogens (tertiary/aromatic N) is 3. The predicted octanol–water partition coefficient (Wildman–Crippen LogP) is 4.39. The summed E-state index contributed by atoms with van der Waals surface area (Å²) in [6.45, 7) is 3.17. The van der Waals surface area contributed by atoms with Gasteiger partial charge in [0.05, 0.1) is 15.5 Å². The van der Waals surface area contributed by atoms with Crippen molar-refractivity contribution in [2.45, 2.75) is 37.8 Å². The molecule has 0 aliphatic carbocycles. The van der Waals surface area contributed by atoms with Gasteiger partial charge in [0.2, 0.25) is 11.8 Å². The number of halogens is 1. The summed E-state index contributed by atoms with van der Waals surface area (Å²) in [6, 6.07) is 18.4. The maximum absolute atomic E-state index is 13.9. The molecule has 39 heavy (non-hydrogen) atoms. The van der Waals surface area contributed by atoms with E-state index >= 15 is 0 Å². The summed E-state index contributed by atoms with van der Waals surface area (Å²) < 4.78 is 28.3. The molecule has 0 saturated heterocycles. The van der Waals surface area contributed by atoms with E-state index in [9.17, 15) is 28.1 Å². The molecule has 0 heterocycles. The fourth-order valence-corrected chi connectivity index (χ4v) is 5.64. The zero-order valence-corrected chi connectivity index (χ0v) is 23.1. The highest BCUT2D eigenvalue weighted by Crippen LogP contribution is 2.27. The van der Waals surface area contributed by atoms with Gasteiger partial charge in [-0.05, 0) is 49.2 Å². The Hall–Kier alpha value is -3.96. The van der Waals surface area contributed by atoms with E-state index in [0.717, 1.165) is 4.31 Å². The molecule has 206 valence electrons. The number of anilines is 1. The number of nitro benzene ring substituents is 1. The number of carbonyl (C=O) groups excluding carboxylic acids is 2. The highest BCUT2D eigenvalue weighted by molar-refractivity contribution is 7.92. The summed E-state index contributed by atoms with van der Waals surface area (Å²) in [7, 11) is -4.27. The van der Waals surface area contributed by atoms with E-state index in [0.29, 0.717) is 17.1 Å². The molecular weight excluding hydrogens is 544 g/mol. The van der Waals surface area contributed by atoms with Crippen molar-refractivity contribution in [2.75, 3.05) is 17.4 Å². The van der Waals surface area contributed by atoms with Gasteiger partial charge < -0.3 is 10.2 Å². The fourth-order valence-electron chi connectivity index (χ4n) is 4.01. The van der Waals surface area contributed by atoms with Crippen LogP contribution in [0.5, 0.6) is 0 Å². The van der Waals surface area contributed by atoms with Crippen LogP contribution in [0.2, 0.25) is 5.02 Å². The van der Waals surface area contributed by atoms with Crippen molar-refractivity contribution >= 4 is 44.8 Å². The maximum Gasteiger partial charge on any atom is 0.269 e. The Morgan fingerprint density at radius 1 is 0.974 bits per heavy atom. The molecular formula is C27H29ClN4O6S. The van der Waals surface area contributed by atoms with Crippen LogP contribution in [0.3, 0.4) is 0 Å². The first-order valence-electron chi connectivity index (χ1n) is 12.2. The van der Waals surface area contributed by atoms with Gasteiger partial charge in [0.15, 0.2) is 0 Å². The Bertz CT molecular complexity index is 1420. The van der Waals surface area contributed by atoms with Crippen molar-refractivity contribution in [3.63, 3.8) is 0 Å². The molecule has 3 aromatic carbocycles. The van der Waals surface area contributed by atoms with Crippen LogP contribution in [-0.2, 0) is 26.2 Å². The second-order valence-corrected chi connectivity index (χ2v) is 10.8. The minimum Gasteiger partial charge on any atom is -0.355 e. The molecule has 0 aromatic heterocycles. The third-order valence-electron chi connectivity index (χ3n) is 5.99. The van der Waals surface area contributed by atoms with Crippen LogP contribution in [0.15, 0.2) is 83.8 Å². The lowest BCUT2D eigenvalue weighted by Crippen LogP contribution is -2.52. The van der Waals surface area contributed by atoms with Crippen LogP contribution in [0.4, 0.5) is 11.4 Å².